The summed E-state index contributed by atoms with van der Waals surface area (Å²) < 4.78 is 37.8. The summed E-state index contributed by atoms with van der Waals surface area (Å²) >= 11 is 0. The van der Waals surface area contributed by atoms with Gasteiger partial charge < -0.3 is 20.5 Å². The highest BCUT2D eigenvalue weighted by Gasteiger charge is 2.30. The van der Waals surface area contributed by atoms with Crippen LogP contribution in [-0.4, -0.2) is 64.6 Å². The molecule has 27 heavy (non-hydrogen) atoms. The summed E-state index contributed by atoms with van der Waals surface area (Å²) in [6, 6.07) is 4.25. The maximum Gasteiger partial charge on any atom is 0.251 e. The molecular weight excluding hydrogens is 370 g/mol. The van der Waals surface area contributed by atoms with Crippen molar-refractivity contribution >= 4 is 15.9 Å². The Morgan fingerprint density at radius 2 is 2.00 bits per heavy atom. The maximum absolute atomic E-state index is 13.0. The van der Waals surface area contributed by atoms with Gasteiger partial charge in [0.2, 0.25) is 10.0 Å². The molecule has 3 N–H and O–H groups in total. The number of rotatable bonds is 8. The Balaban J connectivity index is 2.30. The van der Waals surface area contributed by atoms with E-state index in [0.29, 0.717) is 25.7 Å². The summed E-state index contributed by atoms with van der Waals surface area (Å²) in [5.74, 6) is 0.231. The molecule has 0 spiro atoms. The smallest absolute Gasteiger partial charge is 0.251 e. The molecule has 0 aromatic heterocycles. The molecular formula is C18H29N3O5S. The molecule has 0 aliphatic carbocycles. The van der Waals surface area contributed by atoms with E-state index >= 15 is 0 Å². The molecule has 1 amide bonds. The van der Waals surface area contributed by atoms with E-state index in [1.54, 1.807) is 6.07 Å². The van der Waals surface area contributed by atoms with Gasteiger partial charge in [0.1, 0.15) is 10.6 Å². The number of nitrogens with zero attached hydrogens (tertiary/aromatic N) is 1. The molecule has 8 nitrogen and oxygen atoms in total. The van der Waals surface area contributed by atoms with Crippen LogP contribution in [0.3, 0.4) is 0 Å². The first-order valence-electron chi connectivity index (χ1n) is 9.06. The standard InChI is InChI=1S/C18H29N3O5S/c1-13(2)10-15(12-19)20-18(22)14-4-5-16(25-3)17(11-14)27(23,24)21-6-8-26-9-7-21/h4-5,11,13,15H,6-10,12,19H2,1-3H3,(H,20,22). The van der Waals surface area contributed by atoms with Crippen molar-refractivity contribution < 1.29 is 22.7 Å². The highest BCUT2D eigenvalue weighted by molar-refractivity contribution is 7.89. The number of morpholine rings is 1. The molecule has 152 valence electrons. The van der Waals surface area contributed by atoms with Gasteiger partial charge in [-0.25, -0.2) is 8.42 Å². The third-order valence-corrected chi connectivity index (χ3v) is 6.31. The van der Waals surface area contributed by atoms with Gasteiger partial charge in [-0.05, 0) is 30.5 Å². The lowest BCUT2D eigenvalue weighted by Gasteiger charge is -2.27. The number of nitrogens with one attached hydrogen (secondary N) is 1. The molecule has 1 aromatic carbocycles. The van der Waals surface area contributed by atoms with Crippen molar-refractivity contribution in [1.29, 1.82) is 0 Å². The van der Waals surface area contributed by atoms with Crippen molar-refractivity contribution in [2.45, 2.75) is 31.2 Å². The first-order chi connectivity index (χ1) is 12.8. The van der Waals surface area contributed by atoms with Crippen LogP contribution < -0.4 is 15.8 Å². The summed E-state index contributed by atoms with van der Waals surface area (Å²) in [7, 11) is -2.39. The van der Waals surface area contributed by atoms with Gasteiger partial charge in [-0.15, -0.1) is 0 Å². The number of ether oxygens (including phenoxy) is 2. The van der Waals surface area contributed by atoms with Gasteiger partial charge >= 0.3 is 0 Å². The quantitative estimate of drug-likeness (QED) is 0.669. The Hall–Kier alpha value is -1.68. The number of methoxy groups -OCH3 is 1. The first kappa shape index (κ1) is 21.6. The Morgan fingerprint density at radius 1 is 1.33 bits per heavy atom. The van der Waals surface area contributed by atoms with E-state index in [-0.39, 0.29) is 41.2 Å². The van der Waals surface area contributed by atoms with E-state index in [4.69, 9.17) is 15.2 Å². The lowest BCUT2D eigenvalue weighted by Crippen LogP contribution is -2.41. The molecule has 0 bridgehead atoms. The third-order valence-electron chi connectivity index (χ3n) is 4.39. The number of carbonyl (C=O) groups excluding carboxylic acids is 1. The average molecular weight is 400 g/mol. The zero-order valence-corrected chi connectivity index (χ0v) is 16.9. The average Bonchev–Trinajstić information content (AvgIpc) is 2.67. The molecule has 1 unspecified atom stereocenters. The minimum atomic E-state index is -3.79. The summed E-state index contributed by atoms with van der Waals surface area (Å²) in [4.78, 5) is 12.6. The van der Waals surface area contributed by atoms with Crippen molar-refractivity contribution in [3.63, 3.8) is 0 Å². The summed E-state index contributed by atoms with van der Waals surface area (Å²) in [6.07, 6.45) is 0.747. The van der Waals surface area contributed by atoms with Gasteiger partial charge in [0.15, 0.2) is 0 Å². The summed E-state index contributed by atoms with van der Waals surface area (Å²) in [5, 5.41) is 2.88. The Labute approximate surface area is 161 Å². The zero-order chi connectivity index (χ0) is 20.0. The third kappa shape index (κ3) is 5.41. The van der Waals surface area contributed by atoms with Crippen molar-refractivity contribution in [1.82, 2.24) is 9.62 Å². The van der Waals surface area contributed by atoms with Crippen LogP contribution >= 0.6 is 0 Å². The number of benzene rings is 1. The fourth-order valence-corrected chi connectivity index (χ4v) is 4.59. The SMILES string of the molecule is COc1ccc(C(=O)NC(CN)CC(C)C)cc1S(=O)(=O)N1CCOCC1. The molecule has 1 aliphatic rings. The highest BCUT2D eigenvalue weighted by atomic mass is 32.2. The van der Waals surface area contributed by atoms with Crippen LogP contribution in [0.5, 0.6) is 5.75 Å². The van der Waals surface area contributed by atoms with Crippen LogP contribution in [0.1, 0.15) is 30.6 Å². The van der Waals surface area contributed by atoms with Crippen LogP contribution in [0.4, 0.5) is 0 Å². The Morgan fingerprint density at radius 3 is 2.56 bits per heavy atom. The van der Waals surface area contributed by atoms with Crippen molar-refractivity contribution in [2.24, 2.45) is 11.7 Å². The Bertz CT molecular complexity index is 745. The topological polar surface area (TPSA) is 111 Å². The number of hydrogen-bond donors (Lipinski definition) is 2. The van der Waals surface area contributed by atoms with E-state index in [1.165, 1.54) is 23.5 Å². The molecule has 1 saturated heterocycles. The van der Waals surface area contributed by atoms with Crippen LogP contribution in [-0.2, 0) is 14.8 Å². The van der Waals surface area contributed by atoms with Gasteiger partial charge in [-0.2, -0.15) is 4.31 Å². The number of sulfonamides is 1. The van der Waals surface area contributed by atoms with Crippen molar-refractivity contribution in [3.05, 3.63) is 23.8 Å². The molecule has 1 fully saturated rings. The van der Waals surface area contributed by atoms with Gasteiger partial charge in [0.05, 0.1) is 20.3 Å². The largest absolute Gasteiger partial charge is 0.495 e. The number of nitrogens with two attached hydrogens (primary N) is 1. The molecule has 0 saturated carbocycles. The van der Waals surface area contributed by atoms with Crippen molar-refractivity contribution in [2.75, 3.05) is 40.0 Å². The van der Waals surface area contributed by atoms with Crippen LogP contribution in [0.25, 0.3) is 0 Å². The van der Waals surface area contributed by atoms with Crippen LogP contribution in [0.2, 0.25) is 0 Å². The van der Waals surface area contributed by atoms with E-state index < -0.39 is 10.0 Å². The molecule has 0 radical (unpaired) electrons. The summed E-state index contributed by atoms with van der Waals surface area (Å²) in [6.45, 7) is 5.64. The van der Waals surface area contributed by atoms with Crippen LogP contribution in [0.15, 0.2) is 23.1 Å². The Kier molecular flexibility index (Phi) is 7.60. The fourth-order valence-electron chi connectivity index (χ4n) is 3.00. The van der Waals surface area contributed by atoms with Gasteiger partial charge in [0.25, 0.3) is 5.91 Å². The molecule has 2 rings (SSSR count). The van der Waals surface area contributed by atoms with Crippen molar-refractivity contribution in [3.8, 4) is 5.75 Å². The van der Waals surface area contributed by atoms with E-state index in [9.17, 15) is 13.2 Å². The second-order valence-electron chi connectivity index (χ2n) is 6.92. The highest BCUT2D eigenvalue weighted by Crippen LogP contribution is 2.28. The van der Waals surface area contributed by atoms with E-state index in [2.05, 4.69) is 19.2 Å². The van der Waals surface area contributed by atoms with Gasteiger partial charge in [-0.1, -0.05) is 13.8 Å². The van der Waals surface area contributed by atoms with Gasteiger partial charge in [-0.3, -0.25) is 4.79 Å². The number of amides is 1. The predicted octanol–water partition coefficient (Wildman–Crippen LogP) is 0.819. The minimum absolute atomic E-state index is 0.0206. The number of carbonyl (C=O) groups is 1. The fraction of sp³-hybridized carbons (Fsp3) is 0.611. The zero-order valence-electron chi connectivity index (χ0n) is 16.1. The molecule has 1 atom stereocenters. The second-order valence-corrected chi connectivity index (χ2v) is 8.82. The summed E-state index contributed by atoms with van der Waals surface area (Å²) in [5.41, 5.74) is 6.00. The lowest BCUT2D eigenvalue weighted by molar-refractivity contribution is 0.0729. The minimum Gasteiger partial charge on any atom is -0.495 e. The second kappa shape index (κ2) is 9.50. The molecule has 1 aliphatic heterocycles. The monoisotopic (exact) mass is 399 g/mol. The van der Waals surface area contributed by atoms with Crippen LogP contribution in [0, 0.1) is 5.92 Å². The lowest BCUT2D eigenvalue weighted by atomic mass is 10.0. The van der Waals surface area contributed by atoms with Gasteiger partial charge in [0, 0.05) is 31.2 Å². The van der Waals surface area contributed by atoms with E-state index in [0.717, 1.165) is 6.42 Å². The normalized spacial score (nSPS) is 16.9. The molecule has 1 heterocycles. The predicted molar refractivity (Wildman–Crippen MR) is 102 cm³/mol. The number of hydrogen-bond acceptors (Lipinski definition) is 6. The molecule has 1 aromatic rings. The maximum atomic E-state index is 13.0. The van der Waals surface area contributed by atoms with E-state index in [1.807, 2.05) is 0 Å². The first-order valence-corrected chi connectivity index (χ1v) is 10.5. The molecule has 9 heteroatoms.